The van der Waals surface area contributed by atoms with Gasteiger partial charge < -0.3 is 24.2 Å². The number of hydrogen-bond acceptors (Lipinski definition) is 7. The fourth-order valence-electron chi connectivity index (χ4n) is 4.49. The second kappa shape index (κ2) is 12.9. The first-order chi connectivity index (χ1) is 18.9. The minimum Gasteiger partial charge on any atom is -0.497 e. The van der Waals surface area contributed by atoms with Crippen LogP contribution in [0.25, 0.3) is 11.3 Å². The van der Waals surface area contributed by atoms with Crippen molar-refractivity contribution in [1.82, 2.24) is 20.0 Å². The molecule has 1 saturated heterocycles. The molecule has 4 rings (SSSR count). The summed E-state index contributed by atoms with van der Waals surface area (Å²) < 4.78 is 24.4. The van der Waals surface area contributed by atoms with Gasteiger partial charge in [0.05, 0.1) is 19.9 Å². The predicted molar refractivity (Wildman–Crippen MR) is 146 cm³/mol. The van der Waals surface area contributed by atoms with Crippen LogP contribution < -0.4 is 14.4 Å². The van der Waals surface area contributed by atoms with E-state index in [-0.39, 0.29) is 24.6 Å². The van der Waals surface area contributed by atoms with Gasteiger partial charge in [-0.05, 0) is 48.9 Å². The van der Waals surface area contributed by atoms with Gasteiger partial charge in [-0.3, -0.25) is 9.59 Å². The Hall–Kier alpha value is -4.47. The zero-order chi connectivity index (χ0) is 27.8. The smallest absolute Gasteiger partial charge is 0.254 e. The van der Waals surface area contributed by atoms with E-state index in [4.69, 9.17) is 9.47 Å². The Morgan fingerprint density at radius 2 is 1.87 bits per heavy atom. The molecule has 1 aliphatic rings. The van der Waals surface area contributed by atoms with Crippen LogP contribution in [0.3, 0.4) is 0 Å². The number of methoxy groups -OCH3 is 2. The molecule has 0 saturated carbocycles. The van der Waals surface area contributed by atoms with Crippen molar-refractivity contribution in [2.45, 2.75) is 6.42 Å². The number of carbonyl (C=O) groups excluding carboxylic acids is 2. The molecule has 0 aliphatic carbocycles. The highest BCUT2D eigenvalue weighted by Gasteiger charge is 2.24. The fourth-order valence-corrected chi connectivity index (χ4v) is 4.49. The second-order valence-electron chi connectivity index (χ2n) is 9.05. The molecule has 39 heavy (non-hydrogen) atoms. The van der Waals surface area contributed by atoms with E-state index in [1.165, 1.54) is 29.2 Å². The summed E-state index contributed by atoms with van der Waals surface area (Å²) in [4.78, 5) is 31.3. The topological polar surface area (TPSA) is 88.1 Å². The largest absolute Gasteiger partial charge is 0.497 e. The summed E-state index contributed by atoms with van der Waals surface area (Å²) in [7, 11) is 3.20. The van der Waals surface area contributed by atoms with Crippen LogP contribution in [0.4, 0.5) is 10.2 Å². The van der Waals surface area contributed by atoms with Crippen LogP contribution >= 0.6 is 0 Å². The van der Waals surface area contributed by atoms with Crippen molar-refractivity contribution < 1.29 is 23.5 Å². The quantitative estimate of drug-likeness (QED) is 0.388. The van der Waals surface area contributed by atoms with Gasteiger partial charge in [0.25, 0.3) is 5.91 Å². The zero-order valence-electron chi connectivity index (χ0n) is 22.2. The highest BCUT2D eigenvalue weighted by molar-refractivity contribution is 5.96. The maximum Gasteiger partial charge on any atom is 0.254 e. The maximum absolute atomic E-state index is 13.6. The van der Waals surface area contributed by atoms with Crippen molar-refractivity contribution in [1.29, 1.82) is 0 Å². The Morgan fingerprint density at radius 1 is 1.03 bits per heavy atom. The van der Waals surface area contributed by atoms with Gasteiger partial charge in [-0.15, -0.1) is 16.8 Å². The molecule has 2 aromatic carbocycles. The number of benzene rings is 2. The van der Waals surface area contributed by atoms with E-state index in [1.807, 2.05) is 24.3 Å². The maximum atomic E-state index is 13.6. The fraction of sp³-hybridized carbons (Fsp3) is 0.310. The van der Waals surface area contributed by atoms with Gasteiger partial charge in [0.1, 0.15) is 23.9 Å². The van der Waals surface area contributed by atoms with Crippen LogP contribution in [0, 0.1) is 5.82 Å². The van der Waals surface area contributed by atoms with E-state index in [1.54, 1.807) is 31.3 Å². The van der Waals surface area contributed by atoms with Gasteiger partial charge in [0, 0.05) is 49.9 Å². The number of ether oxygens (including phenoxy) is 2. The summed E-state index contributed by atoms with van der Waals surface area (Å²) in [5, 5.41) is 8.85. The summed E-state index contributed by atoms with van der Waals surface area (Å²) in [6.07, 6.45) is 2.29. The molecule has 2 amide bonds. The molecule has 0 unspecified atom stereocenters. The molecule has 2 heterocycles. The van der Waals surface area contributed by atoms with Crippen LogP contribution in [0.1, 0.15) is 16.8 Å². The lowest BCUT2D eigenvalue weighted by Crippen LogP contribution is -2.44. The number of aromatic nitrogens is 2. The number of amides is 2. The second-order valence-corrected chi connectivity index (χ2v) is 9.05. The lowest BCUT2D eigenvalue weighted by atomic mass is 10.1. The van der Waals surface area contributed by atoms with Gasteiger partial charge in [-0.1, -0.05) is 12.1 Å². The van der Waals surface area contributed by atoms with Crippen molar-refractivity contribution >= 4 is 17.6 Å². The summed E-state index contributed by atoms with van der Waals surface area (Å²) in [5.74, 6) is 0.962. The molecule has 0 radical (unpaired) electrons. The first kappa shape index (κ1) is 27.6. The molecular formula is C29H32FN5O4. The van der Waals surface area contributed by atoms with Gasteiger partial charge >= 0.3 is 0 Å². The number of hydrogen-bond donors (Lipinski definition) is 0. The minimum absolute atomic E-state index is 0.112. The SMILES string of the molecule is C=CCN(CC(=O)N1CCCN(c2ccc(-c3ccc(OC)cc3OC)nn2)CC1)C(=O)c1cccc(F)c1. The number of rotatable bonds is 9. The van der Waals surface area contributed by atoms with Crippen molar-refractivity contribution in [3.8, 4) is 22.8 Å². The van der Waals surface area contributed by atoms with Crippen LogP contribution in [0.2, 0.25) is 0 Å². The lowest BCUT2D eigenvalue weighted by Gasteiger charge is -2.26. The van der Waals surface area contributed by atoms with Crippen LogP contribution in [0.15, 0.2) is 67.3 Å². The van der Waals surface area contributed by atoms with E-state index in [0.29, 0.717) is 43.4 Å². The molecular weight excluding hydrogens is 501 g/mol. The van der Waals surface area contributed by atoms with E-state index in [0.717, 1.165) is 17.8 Å². The summed E-state index contributed by atoms with van der Waals surface area (Å²) >= 11 is 0. The summed E-state index contributed by atoms with van der Waals surface area (Å²) in [6, 6.07) is 14.8. The zero-order valence-corrected chi connectivity index (χ0v) is 22.2. The third-order valence-electron chi connectivity index (χ3n) is 6.54. The average molecular weight is 534 g/mol. The molecule has 1 aliphatic heterocycles. The number of nitrogens with zero attached hydrogens (tertiary/aromatic N) is 5. The van der Waals surface area contributed by atoms with Crippen LogP contribution in [0.5, 0.6) is 11.5 Å². The normalized spacial score (nSPS) is 13.4. The standard InChI is InChI=1S/C29H32FN5O4/c1-4-13-35(29(37)21-7-5-8-22(30)18-21)20-28(36)34-15-6-14-33(16-17-34)27-12-11-25(31-32-27)24-10-9-23(38-2)19-26(24)39-3/h4-5,7-12,18-19H,1,6,13-17,20H2,2-3H3. The average Bonchev–Trinajstić information content (AvgIpc) is 3.23. The van der Waals surface area contributed by atoms with E-state index < -0.39 is 11.7 Å². The molecule has 9 nitrogen and oxygen atoms in total. The Balaban J connectivity index is 1.39. The number of carbonyl (C=O) groups is 2. The summed E-state index contributed by atoms with van der Waals surface area (Å²) in [5.41, 5.74) is 1.68. The third kappa shape index (κ3) is 6.70. The highest BCUT2D eigenvalue weighted by Crippen LogP contribution is 2.32. The Labute approximate surface area is 227 Å². The molecule has 0 atom stereocenters. The van der Waals surface area contributed by atoms with E-state index in [9.17, 15) is 14.0 Å². The van der Waals surface area contributed by atoms with Crippen molar-refractivity contribution in [2.75, 3.05) is 58.4 Å². The highest BCUT2D eigenvalue weighted by atomic mass is 19.1. The van der Waals surface area contributed by atoms with Crippen molar-refractivity contribution in [3.63, 3.8) is 0 Å². The minimum atomic E-state index is -0.502. The van der Waals surface area contributed by atoms with Gasteiger partial charge in [0.2, 0.25) is 5.91 Å². The predicted octanol–water partition coefficient (Wildman–Crippen LogP) is 3.67. The first-order valence-electron chi connectivity index (χ1n) is 12.7. The van der Waals surface area contributed by atoms with Crippen molar-refractivity contribution in [3.05, 3.63) is 78.6 Å². The third-order valence-corrected chi connectivity index (χ3v) is 6.54. The van der Waals surface area contributed by atoms with Gasteiger partial charge in [0.15, 0.2) is 5.82 Å². The molecule has 0 bridgehead atoms. The van der Waals surface area contributed by atoms with Crippen LogP contribution in [-0.4, -0.2) is 85.3 Å². The van der Waals surface area contributed by atoms with Crippen LogP contribution in [-0.2, 0) is 4.79 Å². The van der Waals surface area contributed by atoms with E-state index >= 15 is 0 Å². The molecule has 10 heteroatoms. The van der Waals surface area contributed by atoms with E-state index in [2.05, 4.69) is 21.7 Å². The molecule has 0 N–H and O–H groups in total. The lowest BCUT2D eigenvalue weighted by molar-refractivity contribution is -0.131. The van der Waals surface area contributed by atoms with Crippen molar-refractivity contribution in [2.24, 2.45) is 0 Å². The number of halogens is 1. The molecule has 204 valence electrons. The monoisotopic (exact) mass is 533 g/mol. The molecule has 1 aromatic heterocycles. The molecule has 1 fully saturated rings. The Bertz CT molecular complexity index is 1320. The van der Waals surface area contributed by atoms with Gasteiger partial charge in [-0.25, -0.2) is 4.39 Å². The first-order valence-corrected chi connectivity index (χ1v) is 12.7. The summed E-state index contributed by atoms with van der Waals surface area (Å²) in [6.45, 7) is 6.08. The van der Waals surface area contributed by atoms with Gasteiger partial charge in [-0.2, -0.15) is 0 Å². The molecule has 3 aromatic rings. The molecule has 0 spiro atoms. The number of anilines is 1. The Morgan fingerprint density at radius 3 is 2.56 bits per heavy atom. The Kier molecular flexibility index (Phi) is 9.09.